The number of hydrogen-bond acceptors (Lipinski definition) is 3. The second-order valence-electron chi connectivity index (χ2n) is 9.62. The third kappa shape index (κ3) is 4.55. The highest BCUT2D eigenvalue weighted by atomic mass is 19.4. The third-order valence-electron chi connectivity index (χ3n) is 7.56. The SMILES string of the molecule is C#CCN(C(=O)O)c1ccc(N2CCC[C@]3(CCN(C4CCCCC4)C3=O)C2)c(C(F)(F)F)c1. The Morgan fingerprint density at radius 1 is 1.18 bits per heavy atom. The highest BCUT2D eigenvalue weighted by molar-refractivity contribution is 5.88. The van der Waals surface area contributed by atoms with E-state index in [1.807, 2.05) is 4.90 Å². The molecule has 2 saturated heterocycles. The Morgan fingerprint density at radius 3 is 2.56 bits per heavy atom. The van der Waals surface area contributed by atoms with Crippen LogP contribution in [0.25, 0.3) is 0 Å². The standard InChI is InChI=1S/C25H30F3N3O3/c1-2-13-31(23(33)34)19-9-10-21(20(16-19)25(26,27)28)29-14-6-11-24(17-29)12-15-30(22(24)32)18-7-4-3-5-8-18/h1,9-10,16,18H,3-8,11-15,17H2,(H,33,34)/t24-/m0/s1. The molecule has 0 bridgehead atoms. The zero-order chi connectivity index (χ0) is 24.5. The number of alkyl halides is 3. The van der Waals surface area contributed by atoms with Gasteiger partial charge in [-0.05, 0) is 50.3 Å². The molecular weight excluding hydrogens is 447 g/mol. The number of hydrogen-bond donors (Lipinski definition) is 1. The minimum Gasteiger partial charge on any atom is -0.465 e. The molecule has 1 saturated carbocycles. The van der Waals surface area contributed by atoms with Gasteiger partial charge in [-0.3, -0.25) is 9.69 Å². The molecule has 1 aliphatic carbocycles. The lowest BCUT2D eigenvalue weighted by Gasteiger charge is -2.42. The first-order chi connectivity index (χ1) is 16.2. The molecule has 2 amide bonds. The quantitative estimate of drug-likeness (QED) is 0.622. The summed E-state index contributed by atoms with van der Waals surface area (Å²) in [6.07, 6.45) is 6.47. The Hall–Kier alpha value is -2.89. The Balaban J connectivity index is 1.62. The Kier molecular flexibility index (Phi) is 6.70. The maximum absolute atomic E-state index is 14.1. The van der Waals surface area contributed by atoms with Gasteiger partial charge in [0.2, 0.25) is 5.91 Å². The lowest BCUT2D eigenvalue weighted by Crippen LogP contribution is -2.50. The van der Waals surface area contributed by atoms with Crippen LogP contribution in [-0.4, -0.2) is 54.2 Å². The molecule has 3 aliphatic rings. The summed E-state index contributed by atoms with van der Waals surface area (Å²) in [5, 5.41) is 9.37. The molecule has 2 aliphatic heterocycles. The fraction of sp³-hybridized carbons (Fsp3) is 0.600. The van der Waals surface area contributed by atoms with Crippen molar-refractivity contribution in [2.45, 2.75) is 63.6 Å². The molecule has 0 radical (unpaired) electrons. The van der Waals surface area contributed by atoms with Crippen molar-refractivity contribution in [1.29, 1.82) is 0 Å². The monoisotopic (exact) mass is 477 g/mol. The summed E-state index contributed by atoms with van der Waals surface area (Å²) < 4.78 is 42.2. The molecule has 0 unspecified atom stereocenters. The number of carboxylic acid groups (broad SMARTS) is 1. The van der Waals surface area contributed by atoms with Crippen molar-refractivity contribution >= 4 is 23.4 Å². The van der Waals surface area contributed by atoms with Crippen molar-refractivity contribution in [3.05, 3.63) is 23.8 Å². The topological polar surface area (TPSA) is 64.1 Å². The minimum absolute atomic E-state index is 0.0229. The minimum atomic E-state index is -4.69. The molecule has 9 heteroatoms. The second-order valence-corrected chi connectivity index (χ2v) is 9.62. The third-order valence-corrected chi connectivity index (χ3v) is 7.56. The number of benzene rings is 1. The van der Waals surface area contributed by atoms with E-state index in [-0.39, 0.29) is 36.4 Å². The molecule has 184 valence electrons. The van der Waals surface area contributed by atoms with Crippen LogP contribution >= 0.6 is 0 Å². The molecule has 2 heterocycles. The summed E-state index contributed by atoms with van der Waals surface area (Å²) in [6.45, 7) is 0.963. The largest absolute Gasteiger partial charge is 0.465 e. The van der Waals surface area contributed by atoms with Crippen LogP contribution in [0.3, 0.4) is 0 Å². The number of carbonyl (C=O) groups excluding carboxylic acids is 1. The molecule has 1 N–H and O–H groups in total. The smallest absolute Gasteiger partial charge is 0.418 e. The van der Waals surface area contributed by atoms with Gasteiger partial charge in [0.25, 0.3) is 0 Å². The zero-order valence-corrected chi connectivity index (χ0v) is 19.1. The Morgan fingerprint density at radius 2 is 1.91 bits per heavy atom. The van der Waals surface area contributed by atoms with E-state index in [1.54, 1.807) is 4.90 Å². The van der Waals surface area contributed by atoms with Crippen molar-refractivity contribution in [1.82, 2.24) is 4.90 Å². The number of amides is 2. The van der Waals surface area contributed by atoms with Crippen molar-refractivity contribution in [3.63, 3.8) is 0 Å². The number of piperidine rings is 1. The van der Waals surface area contributed by atoms with Gasteiger partial charge in [-0.15, -0.1) is 6.42 Å². The Labute approximate surface area is 197 Å². The van der Waals surface area contributed by atoms with Gasteiger partial charge in [-0.1, -0.05) is 25.2 Å². The van der Waals surface area contributed by atoms with E-state index in [4.69, 9.17) is 6.42 Å². The molecule has 0 aromatic heterocycles. The molecule has 1 aromatic rings. The summed E-state index contributed by atoms with van der Waals surface area (Å²) in [6, 6.07) is 3.75. The first-order valence-electron chi connectivity index (χ1n) is 11.9. The fourth-order valence-corrected chi connectivity index (χ4v) is 5.86. The van der Waals surface area contributed by atoms with E-state index in [2.05, 4.69) is 5.92 Å². The highest BCUT2D eigenvalue weighted by Crippen LogP contribution is 2.46. The van der Waals surface area contributed by atoms with Crippen molar-refractivity contribution in [2.24, 2.45) is 5.41 Å². The normalized spacial score (nSPS) is 23.9. The average molecular weight is 478 g/mol. The van der Waals surface area contributed by atoms with Crippen molar-refractivity contribution in [2.75, 3.05) is 36.0 Å². The fourth-order valence-electron chi connectivity index (χ4n) is 5.86. The summed E-state index contributed by atoms with van der Waals surface area (Å²) in [4.78, 5) is 29.4. The molecule has 34 heavy (non-hydrogen) atoms. The van der Waals surface area contributed by atoms with Gasteiger partial charge in [0.1, 0.15) is 0 Å². The number of likely N-dealkylation sites (tertiary alicyclic amines) is 1. The predicted molar refractivity (Wildman–Crippen MR) is 123 cm³/mol. The van der Waals surface area contributed by atoms with Gasteiger partial charge in [0, 0.05) is 37.1 Å². The van der Waals surface area contributed by atoms with E-state index < -0.39 is 23.2 Å². The lowest BCUT2D eigenvalue weighted by molar-refractivity contribution is -0.139. The number of rotatable bonds is 4. The van der Waals surface area contributed by atoms with Crippen molar-refractivity contribution in [3.8, 4) is 12.3 Å². The van der Waals surface area contributed by atoms with E-state index in [0.717, 1.165) is 31.7 Å². The van der Waals surface area contributed by atoms with E-state index in [0.29, 0.717) is 37.3 Å². The first-order valence-corrected chi connectivity index (χ1v) is 11.9. The van der Waals surface area contributed by atoms with Crippen LogP contribution in [0.5, 0.6) is 0 Å². The maximum Gasteiger partial charge on any atom is 0.418 e. The first kappa shape index (κ1) is 24.2. The molecule has 6 nitrogen and oxygen atoms in total. The number of terminal acetylenes is 1. The van der Waals surface area contributed by atoms with Crippen molar-refractivity contribution < 1.29 is 27.9 Å². The highest BCUT2D eigenvalue weighted by Gasteiger charge is 2.51. The maximum atomic E-state index is 14.1. The number of carbonyl (C=O) groups is 2. The summed E-state index contributed by atoms with van der Waals surface area (Å²) >= 11 is 0. The molecule has 3 fully saturated rings. The van der Waals surface area contributed by atoms with Crippen LogP contribution in [0.1, 0.15) is 56.9 Å². The zero-order valence-electron chi connectivity index (χ0n) is 19.1. The van der Waals surface area contributed by atoms with Crippen LogP contribution in [0.15, 0.2) is 18.2 Å². The molecular formula is C25H30F3N3O3. The van der Waals surface area contributed by atoms with Crippen LogP contribution in [-0.2, 0) is 11.0 Å². The molecule has 1 aromatic carbocycles. The molecule has 1 atom stereocenters. The van der Waals surface area contributed by atoms with Gasteiger partial charge in [-0.25, -0.2) is 4.79 Å². The lowest BCUT2D eigenvalue weighted by atomic mass is 9.78. The number of halogens is 3. The summed E-state index contributed by atoms with van der Waals surface area (Å²) in [5.41, 5.74) is -1.73. The number of anilines is 2. The van der Waals surface area contributed by atoms with Crippen LogP contribution < -0.4 is 9.80 Å². The van der Waals surface area contributed by atoms with E-state index in [9.17, 15) is 27.9 Å². The van der Waals surface area contributed by atoms with E-state index in [1.165, 1.54) is 18.6 Å². The van der Waals surface area contributed by atoms with Gasteiger partial charge in [0.05, 0.1) is 17.5 Å². The summed E-state index contributed by atoms with van der Waals surface area (Å²) in [7, 11) is 0. The van der Waals surface area contributed by atoms with Gasteiger partial charge in [-0.2, -0.15) is 13.2 Å². The van der Waals surface area contributed by atoms with E-state index >= 15 is 0 Å². The van der Waals surface area contributed by atoms with Gasteiger partial charge >= 0.3 is 12.3 Å². The van der Waals surface area contributed by atoms with Crippen LogP contribution in [0.2, 0.25) is 0 Å². The predicted octanol–water partition coefficient (Wildman–Crippen LogP) is 4.97. The van der Waals surface area contributed by atoms with Crippen LogP contribution in [0, 0.1) is 17.8 Å². The number of nitrogens with zero attached hydrogens (tertiary/aromatic N) is 3. The Bertz CT molecular complexity index is 984. The van der Waals surface area contributed by atoms with Crippen LogP contribution in [0.4, 0.5) is 29.3 Å². The summed E-state index contributed by atoms with van der Waals surface area (Å²) in [5.74, 6) is 2.25. The van der Waals surface area contributed by atoms with Gasteiger partial charge in [0.15, 0.2) is 0 Å². The van der Waals surface area contributed by atoms with Gasteiger partial charge < -0.3 is 14.9 Å². The molecule has 1 spiro atoms. The average Bonchev–Trinajstić information content (AvgIpc) is 3.12. The second kappa shape index (κ2) is 9.40. The molecule has 4 rings (SSSR count).